The molecule has 2 amide bonds. The maximum Gasteiger partial charge on any atom is 0.225 e. The van der Waals surface area contributed by atoms with E-state index in [1.54, 1.807) is 0 Å². The van der Waals surface area contributed by atoms with Gasteiger partial charge in [-0.05, 0) is 12.8 Å². The number of ether oxygens (including phenoxy) is 13. The highest BCUT2D eigenvalue weighted by molar-refractivity contribution is 6.18. The number of nitrogens with one attached hydrogen (secondary N) is 2. The smallest absolute Gasteiger partial charge is 0.225 e. The fourth-order valence-electron chi connectivity index (χ4n) is 10.4. The number of amides is 2. The van der Waals surface area contributed by atoms with E-state index < -0.39 is 128 Å². The van der Waals surface area contributed by atoms with Crippen LogP contribution in [0.25, 0.3) is 0 Å². The second kappa shape index (κ2) is 29.1. The first-order valence-electron chi connectivity index (χ1n) is 25.6. The van der Waals surface area contributed by atoms with Gasteiger partial charge in [-0.3, -0.25) is 9.59 Å². The van der Waals surface area contributed by atoms with Crippen LogP contribution in [0.3, 0.4) is 0 Å². The van der Waals surface area contributed by atoms with Crippen molar-refractivity contribution in [2.24, 2.45) is 39.5 Å². The number of carbonyl (C=O) groups is 2. The van der Waals surface area contributed by atoms with E-state index in [0.717, 1.165) is 19.1 Å². The lowest BCUT2D eigenvalue weighted by Crippen LogP contribution is -2.67. The van der Waals surface area contributed by atoms with Crippen LogP contribution in [-0.4, -0.2) is 259 Å². The predicted octanol–water partition coefficient (Wildman–Crippen LogP) is -3.09. The second-order valence-electron chi connectivity index (χ2n) is 22.2. The summed E-state index contributed by atoms with van der Waals surface area (Å²) in [7, 11) is 7.62. The van der Waals surface area contributed by atoms with Gasteiger partial charge < -0.3 is 110 Å². The SMILES string of the molecule is CC1(CCl)COC1.COC1OC(COCC2(C)COC2)C(OC2CC(COCC3(C)COC3)C(OC)C(O)C2NC(C)=O)C(O)C1N.[CH2+]OC1OC(CO)C(OC2CC(CO)C(OC)C(O)C2NC(C)=O)C(O)C1N. The van der Waals surface area contributed by atoms with Crippen molar-refractivity contribution in [3.8, 4) is 0 Å². The Morgan fingerprint density at radius 3 is 1.41 bits per heavy atom. The van der Waals surface area contributed by atoms with Crippen molar-refractivity contribution in [3.05, 3.63) is 7.11 Å². The highest BCUT2D eigenvalue weighted by Gasteiger charge is 2.53. The Morgan fingerprint density at radius 1 is 0.613 bits per heavy atom. The Hall–Kier alpha value is -1.74. The zero-order valence-electron chi connectivity index (χ0n) is 44.7. The molecule has 7 fully saturated rings. The minimum Gasteiger partial charge on any atom is -0.396 e. The van der Waals surface area contributed by atoms with Crippen LogP contribution in [-0.2, 0) is 71.2 Å². The number of halogens is 1. The molecule has 5 saturated heterocycles. The zero-order chi connectivity index (χ0) is 55.4. The molecule has 0 aromatic carbocycles. The second-order valence-corrected chi connectivity index (χ2v) is 22.4. The molecule has 0 spiro atoms. The summed E-state index contributed by atoms with van der Waals surface area (Å²) in [4.78, 5) is 23.8. The number of aliphatic hydroxyl groups excluding tert-OH is 6. The van der Waals surface area contributed by atoms with Crippen molar-refractivity contribution >= 4 is 23.4 Å². The molecule has 26 heteroatoms. The predicted molar refractivity (Wildman–Crippen MR) is 264 cm³/mol. The molecule has 2 saturated carbocycles. The minimum atomic E-state index is -1.26. The summed E-state index contributed by atoms with van der Waals surface area (Å²) in [5.41, 5.74) is 12.4. The number of hydrogen-bond acceptors (Lipinski definition) is 23. The van der Waals surface area contributed by atoms with E-state index in [4.69, 9.17) is 84.6 Å². The number of nitrogens with two attached hydrogens (primary N) is 2. The molecular weight excluding hydrogens is 1020 g/mol. The first-order valence-corrected chi connectivity index (χ1v) is 26.1. The normalized spacial score (nSPS) is 40.7. The van der Waals surface area contributed by atoms with Crippen molar-refractivity contribution in [1.82, 2.24) is 10.6 Å². The molecule has 0 radical (unpaired) electrons. The molecule has 0 aromatic heterocycles. The van der Waals surface area contributed by atoms with Gasteiger partial charge >= 0.3 is 0 Å². The first-order chi connectivity index (χ1) is 35.5. The average molecular weight is 1100 g/mol. The van der Waals surface area contributed by atoms with Crippen LogP contribution < -0.4 is 22.1 Å². The summed E-state index contributed by atoms with van der Waals surface area (Å²) >= 11 is 5.56. The average Bonchev–Trinajstić information content (AvgIpc) is 3.35. The van der Waals surface area contributed by atoms with Crippen molar-refractivity contribution in [2.45, 2.75) is 157 Å². The van der Waals surface area contributed by atoms with E-state index in [9.17, 15) is 40.2 Å². The standard InChI is InChI=1S/C27H48N2O11.C17H30N2O9.C5H9ClO/c1-15(30)29-20-17(6-16(23(33-4)22(20)32)7-35-9-26(2)11-37-12-26)39-24-18(8-36-10-27(3)13-38-14-27)40-25(34-5)19(28)21(24)31;1-7(22)19-12-9(4-8(5-20)15(25-2)14(12)24)27-16-10(6-21)28-17(26-3)11(18)13(16)23;1-5(2-6)3-7-4-5/h16-25,31-32H,6-14,28H2,1-5H3,(H,29,30);8-17,20-21,23-24H,3-6,18H2,1-2H3;2-4H2,1H3/p+1. The number of aliphatic hydroxyl groups is 6. The van der Waals surface area contributed by atoms with Crippen LogP contribution in [0.2, 0.25) is 0 Å². The molecule has 20 atom stereocenters. The summed E-state index contributed by atoms with van der Waals surface area (Å²) in [5, 5.41) is 68.5. The van der Waals surface area contributed by atoms with Gasteiger partial charge in [0.2, 0.25) is 25.2 Å². The number of methoxy groups -OCH3 is 3. The van der Waals surface area contributed by atoms with Crippen LogP contribution in [0.15, 0.2) is 0 Å². The Labute approximate surface area is 445 Å². The molecule has 75 heavy (non-hydrogen) atoms. The molecule has 25 nitrogen and oxygen atoms in total. The molecule has 436 valence electrons. The molecule has 0 aromatic rings. The topological polar surface area (TPSA) is 352 Å². The lowest BCUT2D eigenvalue weighted by Gasteiger charge is -2.48. The van der Waals surface area contributed by atoms with Gasteiger partial charge in [0.15, 0.2) is 6.29 Å². The van der Waals surface area contributed by atoms with E-state index in [1.165, 1.54) is 35.2 Å². The van der Waals surface area contributed by atoms with Gasteiger partial charge in [-0.25, -0.2) is 0 Å². The van der Waals surface area contributed by atoms with E-state index in [-0.39, 0.29) is 42.3 Å². The molecule has 7 aliphatic rings. The largest absolute Gasteiger partial charge is 0.396 e. The highest BCUT2D eigenvalue weighted by Crippen LogP contribution is 2.37. The number of hydrogen-bond donors (Lipinski definition) is 10. The number of rotatable bonds is 21. The lowest BCUT2D eigenvalue weighted by molar-refractivity contribution is -0.286. The Bertz CT molecular complexity index is 1720. The summed E-state index contributed by atoms with van der Waals surface area (Å²) in [6.45, 7) is 13.8. The fraction of sp³-hybridized carbons (Fsp3) is 0.939. The molecular formula is C49H88ClN4O21+. The van der Waals surface area contributed by atoms with E-state index >= 15 is 0 Å². The third-order valence-corrected chi connectivity index (χ3v) is 15.6. The quantitative estimate of drug-likeness (QED) is 0.0402. The number of carbonyl (C=O) groups excluding carboxylic acids is 2. The van der Waals surface area contributed by atoms with Crippen LogP contribution in [0.4, 0.5) is 0 Å². The Balaban J connectivity index is 0.000000257. The Morgan fingerprint density at radius 2 is 1.04 bits per heavy atom. The third-order valence-electron chi connectivity index (χ3n) is 15.0. The highest BCUT2D eigenvalue weighted by atomic mass is 35.5. The van der Waals surface area contributed by atoms with E-state index in [2.05, 4.69) is 38.5 Å². The molecule has 2 aliphatic carbocycles. The van der Waals surface area contributed by atoms with E-state index in [0.29, 0.717) is 58.1 Å². The summed E-state index contributed by atoms with van der Waals surface area (Å²) in [6, 6.07) is -3.53. The molecule has 5 aliphatic heterocycles. The van der Waals surface area contributed by atoms with Gasteiger partial charge in [0.25, 0.3) is 0 Å². The first kappa shape index (κ1) is 64.1. The van der Waals surface area contributed by atoms with Gasteiger partial charge in [0.1, 0.15) is 48.8 Å². The fourth-order valence-corrected chi connectivity index (χ4v) is 10.6. The zero-order valence-corrected chi connectivity index (χ0v) is 45.5. The van der Waals surface area contributed by atoms with E-state index in [1.807, 2.05) is 0 Å². The molecule has 7 rings (SSSR count). The van der Waals surface area contributed by atoms with Gasteiger partial charge in [0, 0.05) is 75.7 Å². The monoisotopic (exact) mass is 1100 g/mol. The molecule has 0 bridgehead atoms. The number of alkyl halides is 1. The minimum absolute atomic E-state index is 0.0298. The van der Waals surface area contributed by atoms with Gasteiger partial charge in [-0.1, -0.05) is 20.8 Å². The van der Waals surface area contributed by atoms with Crippen molar-refractivity contribution in [3.63, 3.8) is 0 Å². The third kappa shape index (κ3) is 16.4. The summed E-state index contributed by atoms with van der Waals surface area (Å²) in [5.74, 6) is -0.694. The van der Waals surface area contributed by atoms with Gasteiger partial charge in [0.05, 0.1) is 121 Å². The molecule has 20 unspecified atom stereocenters. The van der Waals surface area contributed by atoms with Crippen LogP contribution >= 0.6 is 11.6 Å². The molecule has 12 N–H and O–H groups in total. The summed E-state index contributed by atoms with van der Waals surface area (Å²) in [6.07, 6.45) is -12.4. The Kier molecular flexibility index (Phi) is 24.9. The summed E-state index contributed by atoms with van der Waals surface area (Å²) < 4.78 is 72.8. The van der Waals surface area contributed by atoms with Crippen molar-refractivity contribution in [2.75, 3.05) is 106 Å². The lowest BCUT2D eigenvalue weighted by atomic mass is 9.79. The molecule has 5 heterocycles. The maximum atomic E-state index is 12.1. The van der Waals surface area contributed by atoms with Crippen LogP contribution in [0, 0.1) is 35.2 Å². The van der Waals surface area contributed by atoms with Crippen LogP contribution in [0.1, 0.15) is 47.5 Å². The van der Waals surface area contributed by atoms with Gasteiger partial charge in [-0.15, -0.1) is 11.6 Å². The van der Waals surface area contributed by atoms with Crippen molar-refractivity contribution < 1.29 is 102 Å². The maximum absolute atomic E-state index is 12.1. The van der Waals surface area contributed by atoms with Crippen molar-refractivity contribution in [1.29, 1.82) is 0 Å². The van der Waals surface area contributed by atoms with Crippen LogP contribution in [0.5, 0.6) is 0 Å². The van der Waals surface area contributed by atoms with Gasteiger partial charge in [-0.2, -0.15) is 4.74 Å².